The topological polar surface area (TPSA) is 17.3 Å². The summed E-state index contributed by atoms with van der Waals surface area (Å²) in [6.45, 7) is 0. The number of thiophene rings is 2. The van der Waals surface area contributed by atoms with Crippen LogP contribution in [0.3, 0.4) is 0 Å². The number of fused-ring (bicyclic) bond motifs is 12. The molecule has 0 amide bonds. The molecule has 4 heterocycles. The van der Waals surface area contributed by atoms with Crippen LogP contribution < -0.4 is 0 Å². The second-order valence-corrected chi connectivity index (χ2v) is 17.6. The Hall–Kier alpha value is -7.11. The lowest BCUT2D eigenvalue weighted by molar-refractivity contribution is 1.25. The Kier molecular flexibility index (Phi) is 7.08. The summed E-state index contributed by atoms with van der Waals surface area (Å²) in [4.78, 5) is 5.32. The van der Waals surface area contributed by atoms with Crippen molar-refractivity contribution in [3.8, 4) is 44.6 Å². The van der Waals surface area contributed by atoms with Crippen molar-refractivity contribution in [1.29, 1.82) is 0 Å². The first-order valence-corrected chi connectivity index (χ1v) is 21.7. The van der Waals surface area contributed by atoms with Gasteiger partial charge in [0.05, 0.1) is 21.4 Å². The van der Waals surface area contributed by atoms with Crippen LogP contribution in [0.1, 0.15) is 0 Å². The van der Waals surface area contributed by atoms with Crippen LogP contribution in [0.4, 0.5) is 0 Å². The zero-order valence-corrected chi connectivity index (χ0v) is 33.3. The second-order valence-electron chi connectivity index (χ2n) is 15.5. The Morgan fingerprint density at radius 1 is 0.356 bits per heavy atom. The van der Waals surface area contributed by atoms with Gasteiger partial charge in [0.15, 0.2) is 5.65 Å². The number of rotatable bonds is 4. The lowest BCUT2D eigenvalue weighted by Crippen LogP contribution is -1.93. The molecule has 0 spiro atoms. The molecule has 4 heteroatoms. The molecular formula is C55H32N2S2. The molecule has 2 nitrogen and oxygen atoms in total. The highest BCUT2D eigenvalue weighted by atomic mass is 32.1. The summed E-state index contributed by atoms with van der Waals surface area (Å²) in [5.74, 6) is 0. The third kappa shape index (κ3) is 5.07. The summed E-state index contributed by atoms with van der Waals surface area (Å²) in [6, 6.07) is 71.5. The molecule has 0 unspecified atom stereocenters. The summed E-state index contributed by atoms with van der Waals surface area (Å²) in [5, 5.41) is 10.1. The number of aromatic nitrogens is 2. The minimum Gasteiger partial charge on any atom is -0.291 e. The number of nitrogens with zero attached hydrogens (tertiary/aromatic N) is 2. The summed E-state index contributed by atoms with van der Waals surface area (Å²) in [6.07, 6.45) is 0. The van der Waals surface area contributed by atoms with Crippen molar-refractivity contribution in [1.82, 2.24) is 9.38 Å². The first-order chi connectivity index (χ1) is 29.2. The number of hydrogen-bond donors (Lipinski definition) is 0. The number of imidazole rings is 1. The van der Waals surface area contributed by atoms with Gasteiger partial charge in [-0.15, -0.1) is 22.7 Å². The van der Waals surface area contributed by atoms with Gasteiger partial charge < -0.3 is 0 Å². The molecule has 0 saturated heterocycles. The van der Waals surface area contributed by atoms with Crippen LogP contribution in [0.2, 0.25) is 0 Å². The van der Waals surface area contributed by atoms with Crippen molar-refractivity contribution in [2.45, 2.75) is 0 Å². The molecule has 59 heavy (non-hydrogen) atoms. The molecule has 0 aliphatic carbocycles. The van der Waals surface area contributed by atoms with Crippen molar-refractivity contribution in [2.24, 2.45) is 0 Å². The molecule has 0 radical (unpaired) electrons. The second kappa shape index (κ2) is 12.7. The van der Waals surface area contributed by atoms with Crippen LogP contribution >= 0.6 is 22.7 Å². The van der Waals surface area contributed by atoms with E-state index in [0.717, 1.165) is 27.9 Å². The summed E-state index contributed by atoms with van der Waals surface area (Å²) in [7, 11) is 0. The minimum absolute atomic E-state index is 1.01. The van der Waals surface area contributed by atoms with Crippen LogP contribution in [0.5, 0.6) is 0 Å². The molecule has 0 N–H and O–H groups in total. The molecule has 0 fully saturated rings. The molecule has 274 valence electrons. The van der Waals surface area contributed by atoms with E-state index < -0.39 is 0 Å². The largest absolute Gasteiger partial charge is 0.291 e. The Morgan fingerprint density at radius 3 is 1.58 bits per heavy atom. The van der Waals surface area contributed by atoms with E-state index in [1.807, 2.05) is 22.7 Å². The Balaban J connectivity index is 0.898. The van der Waals surface area contributed by atoms with Crippen molar-refractivity contribution in [3.63, 3.8) is 0 Å². The van der Waals surface area contributed by atoms with Gasteiger partial charge in [-0.2, -0.15) is 0 Å². The van der Waals surface area contributed by atoms with Gasteiger partial charge >= 0.3 is 0 Å². The van der Waals surface area contributed by atoms with Crippen LogP contribution in [0.25, 0.3) is 123 Å². The van der Waals surface area contributed by atoms with Crippen molar-refractivity contribution >= 4 is 101 Å². The molecule has 4 aromatic heterocycles. The maximum Gasteiger partial charge on any atom is 0.156 e. The maximum absolute atomic E-state index is 5.32. The summed E-state index contributed by atoms with van der Waals surface area (Å²) < 4.78 is 7.56. The molecule has 13 rings (SSSR count). The molecule has 9 aromatic carbocycles. The molecule has 0 atom stereocenters. The molecule has 0 saturated carbocycles. The predicted octanol–water partition coefficient (Wildman–Crippen LogP) is 16.2. The van der Waals surface area contributed by atoms with Crippen LogP contribution in [-0.4, -0.2) is 9.38 Å². The van der Waals surface area contributed by atoms with Crippen LogP contribution in [0.15, 0.2) is 194 Å². The summed E-state index contributed by atoms with van der Waals surface area (Å²) >= 11 is 3.70. The number of benzene rings is 9. The SMILES string of the molecule is c1ccc2cc3c(cc2c1)nc1c2sc4ccccc4c2cc(-c2ccc(-c4ccc(-c5ccc(-c6ccc7c(c6)sc6ccccc67)cc5)c5ccccc45)cc2)n31. The summed E-state index contributed by atoms with van der Waals surface area (Å²) in [5.41, 5.74) is 12.8. The first-order valence-electron chi connectivity index (χ1n) is 20.0. The third-order valence-electron chi connectivity index (χ3n) is 12.2. The van der Waals surface area contributed by atoms with Gasteiger partial charge in [0.1, 0.15) is 0 Å². The zero-order chi connectivity index (χ0) is 38.6. The molecular weight excluding hydrogens is 753 g/mol. The van der Waals surface area contributed by atoms with E-state index in [1.165, 1.54) is 95.3 Å². The molecule has 0 bridgehead atoms. The van der Waals surface area contributed by atoms with Gasteiger partial charge in [-0.1, -0.05) is 158 Å². The Bertz CT molecular complexity index is 3820. The molecule has 13 aromatic rings. The molecule has 0 aliphatic rings. The third-order valence-corrected chi connectivity index (χ3v) is 14.5. The van der Waals surface area contributed by atoms with Gasteiger partial charge in [-0.05, 0) is 96.9 Å². The highest BCUT2D eigenvalue weighted by molar-refractivity contribution is 7.26. The molecule has 0 aliphatic heterocycles. The van der Waals surface area contributed by atoms with Gasteiger partial charge in [-0.25, -0.2) is 4.98 Å². The van der Waals surface area contributed by atoms with Crippen molar-refractivity contribution in [3.05, 3.63) is 194 Å². The zero-order valence-electron chi connectivity index (χ0n) is 31.7. The van der Waals surface area contributed by atoms with E-state index in [-0.39, 0.29) is 0 Å². The van der Waals surface area contributed by atoms with E-state index in [1.54, 1.807) is 0 Å². The Morgan fingerprint density at radius 2 is 0.881 bits per heavy atom. The maximum atomic E-state index is 5.32. The monoisotopic (exact) mass is 784 g/mol. The van der Waals surface area contributed by atoms with Gasteiger partial charge in [-0.3, -0.25) is 4.40 Å². The minimum atomic E-state index is 1.01. The van der Waals surface area contributed by atoms with Crippen LogP contribution in [-0.2, 0) is 0 Å². The lowest BCUT2D eigenvalue weighted by atomic mass is 9.91. The van der Waals surface area contributed by atoms with E-state index >= 15 is 0 Å². The fourth-order valence-corrected chi connectivity index (χ4v) is 11.6. The smallest absolute Gasteiger partial charge is 0.156 e. The highest BCUT2D eigenvalue weighted by Crippen LogP contribution is 2.43. The van der Waals surface area contributed by atoms with Gasteiger partial charge in [0.2, 0.25) is 0 Å². The van der Waals surface area contributed by atoms with E-state index in [9.17, 15) is 0 Å². The predicted molar refractivity (Wildman–Crippen MR) is 255 cm³/mol. The van der Waals surface area contributed by atoms with E-state index in [4.69, 9.17) is 4.98 Å². The van der Waals surface area contributed by atoms with Crippen molar-refractivity contribution in [2.75, 3.05) is 0 Å². The standard InChI is InChI=1S/C55H32N2S2/c1-2-10-38-30-50-48(29-37(38)9-1)56-55-54-47(45-14-6-8-16-52(45)59-54)32-49(57(50)55)36-23-21-35(22-24-36)41-28-27-40(42-11-3-4-12-43(41)42)34-19-17-33(18-20-34)39-25-26-46-44-13-5-7-15-51(44)58-53(46)31-39/h1-32H. The fraction of sp³-hybridized carbons (Fsp3) is 0. The fourth-order valence-electron chi connectivity index (χ4n) is 9.32. The number of pyridine rings is 1. The highest BCUT2D eigenvalue weighted by Gasteiger charge is 2.19. The lowest BCUT2D eigenvalue weighted by Gasteiger charge is -2.14. The van der Waals surface area contributed by atoms with E-state index in [2.05, 4.69) is 199 Å². The Labute approximate surface area is 347 Å². The van der Waals surface area contributed by atoms with Crippen molar-refractivity contribution < 1.29 is 0 Å². The number of hydrogen-bond acceptors (Lipinski definition) is 3. The van der Waals surface area contributed by atoms with Gasteiger partial charge in [0.25, 0.3) is 0 Å². The normalized spacial score (nSPS) is 12.1. The quantitative estimate of drug-likeness (QED) is 0.174. The average molecular weight is 785 g/mol. The van der Waals surface area contributed by atoms with Gasteiger partial charge in [0, 0.05) is 35.6 Å². The van der Waals surface area contributed by atoms with Crippen LogP contribution in [0, 0.1) is 0 Å². The average Bonchev–Trinajstić information content (AvgIpc) is 3.99. The first kappa shape index (κ1) is 32.9. The van der Waals surface area contributed by atoms with E-state index in [0.29, 0.717) is 0 Å².